The van der Waals surface area contributed by atoms with Crippen LogP contribution in [0.4, 0.5) is 5.69 Å². The van der Waals surface area contributed by atoms with E-state index >= 15 is 0 Å². The second-order valence-corrected chi connectivity index (χ2v) is 6.72. The van der Waals surface area contributed by atoms with Crippen molar-refractivity contribution in [3.63, 3.8) is 0 Å². The Morgan fingerprint density at radius 2 is 2.30 bits per heavy atom. The summed E-state index contributed by atoms with van der Waals surface area (Å²) in [4.78, 5) is 19.6. The van der Waals surface area contributed by atoms with Crippen LogP contribution in [0, 0.1) is 5.92 Å². The summed E-state index contributed by atoms with van der Waals surface area (Å²) in [5.74, 6) is 0.750. The molecule has 0 spiro atoms. The molecule has 5 heteroatoms. The molecule has 20 heavy (non-hydrogen) atoms. The van der Waals surface area contributed by atoms with Crippen LogP contribution in [0.25, 0.3) is 10.2 Å². The van der Waals surface area contributed by atoms with Crippen molar-refractivity contribution in [3.8, 4) is 0 Å². The molecule has 0 aromatic carbocycles. The number of aromatic nitrogens is 1. The fourth-order valence-electron chi connectivity index (χ4n) is 2.95. The van der Waals surface area contributed by atoms with Gasteiger partial charge in [-0.15, -0.1) is 11.3 Å². The third-order valence-electron chi connectivity index (χ3n) is 4.08. The number of fused-ring (bicyclic) bond motifs is 1. The predicted molar refractivity (Wildman–Crippen MR) is 82.9 cm³/mol. The van der Waals surface area contributed by atoms with Crippen molar-refractivity contribution in [2.75, 3.05) is 12.3 Å². The van der Waals surface area contributed by atoms with Crippen molar-refractivity contribution in [1.29, 1.82) is 0 Å². The number of thiophene rings is 1. The lowest BCUT2D eigenvalue weighted by Gasteiger charge is -2.36. The monoisotopic (exact) mass is 289 g/mol. The van der Waals surface area contributed by atoms with E-state index in [1.165, 1.54) is 11.3 Å². The Kier molecular flexibility index (Phi) is 3.38. The molecule has 0 bridgehead atoms. The van der Waals surface area contributed by atoms with Crippen molar-refractivity contribution in [2.45, 2.75) is 32.7 Å². The number of nitrogens with two attached hydrogens (primary N) is 1. The molecule has 106 valence electrons. The number of carbonyl (C=O) groups is 1. The smallest absolute Gasteiger partial charge is 0.266 e. The van der Waals surface area contributed by atoms with Crippen molar-refractivity contribution < 1.29 is 4.79 Å². The zero-order chi connectivity index (χ0) is 14.3. The molecule has 1 amide bonds. The molecule has 0 aliphatic carbocycles. The van der Waals surface area contributed by atoms with E-state index in [9.17, 15) is 4.79 Å². The van der Waals surface area contributed by atoms with Gasteiger partial charge in [-0.05, 0) is 37.8 Å². The van der Waals surface area contributed by atoms with E-state index in [4.69, 9.17) is 5.73 Å². The maximum Gasteiger partial charge on any atom is 0.266 e. The van der Waals surface area contributed by atoms with Gasteiger partial charge in [-0.2, -0.15) is 0 Å². The fraction of sp³-hybridized carbons (Fsp3) is 0.467. The Morgan fingerprint density at radius 1 is 1.50 bits per heavy atom. The molecule has 2 unspecified atom stereocenters. The fourth-order valence-corrected chi connectivity index (χ4v) is 3.98. The van der Waals surface area contributed by atoms with Crippen molar-refractivity contribution in [2.24, 2.45) is 5.92 Å². The van der Waals surface area contributed by atoms with Crippen LogP contribution in [0.15, 0.2) is 18.3 Å². The van der Waals surface area contributed by atoms with E-state index in [-0.39, 0.29) is 11.9 Å². The first-order valence-corrected chi connectivity index (χ1v) is 7.83. The van der Waals surface area contributed by atoms with Gasteiger partial charge in [0.15, 0.2) is 0 Å². The highest BCUT2D eigenvalue weighted by Crippen LogP contribution is 2.34. The molecule has 2 aromatic rings. The number of amides is 1. The molecule has 0 saturated carbocycles. The Labute approximate surface area is 122 Å². The zero-order valence-electron chi connectivity index (χ0n) is 11.8. The van der Waals surface area contributed by atoms with E-state index in [2.05, 4.69) is 18.8 Å². The van der Waals surface area contributed by atoms with Gasteiger partial charge in [-0.25, -0.2) is 0 Å². The van der Waals surface area contributed by atoms with Gasteiger partial charge in [0.2, 0.25) is 0 Å². The summed E-state index contributed by atoms with van der Waals surface area (Å²) in [6.07, 6.45) is 3.85. The minimum absolute atomic E-state index is 0.0601. The molecule has 2 atom stereocenters. The standard InChI is InChI=1S/C15H19N3OS/c1-9-5-7-18(10(2)8-9)15(19)14-12(16)13-11(20-14)4-3-6-17-13/h3-4,6,9-10H,5,7-8,16H2,1-2H3. The van der Waals surface area contributed by atoms with Gasteiger partial charge in [0.05, 0.1) is 10.4 Å². The summed E-state index contributed by atoms with van der Waals surface area (Å²) in [6.45, 7) is 5.19. The van der Waals surface area contributed by atoms with Crippen LogP contribution in [0.5, 0.6) is 0 Å². The number of anilines is 1. The molecule has 1 saturated heterocycles. The molecular formula is C15H19N3OS. The van der Waals surface area contributed by atoms with Crippen LogP contribution in [0.2, 0.25) is 0 Å². The molecule has 0 radical (unpaired) electrons. The summed E-state index contributed by atoms with van der Waals surface area (Å²) in [5.41, 5.74) is 7.40. The quantitative estimate of drug-likeness (QED) is 0.877. The third-order valence-corrected chi connectivity index (χ3v) is 5.22. The van der Waals surface area contributed by atoms with Gasteiger partial charge >= 0.3 is 0 Å². The molecule has 1 aliphatic rings. The van der Waals surface area contributed by atoms with E-state index in [0.29, 0.717) is 16.5 Å². The maximum absolute atomic E-state index is 12.7. The Balaban J connectivity index is 1.94. The summed E-state index contributed by atoms with van der Waals surface area (Å²) in [6, 6.07) is 4.11. The van der Waals surface area contributed by atoms with E-state index in [1.807, 2.05) is 17.0 Å². The van der Waals surface area contributed by atoms with Crippen LogP contribution in [0.1, 0.15) is 36.4 Å². The van der Waals surface area contributed by atoms with Gasteiger partial charge in [-0.3, -0.25) is 9.78 Å². The number of hydrogen-bond donors (Lipinski definition) is 1. The van der Waals surface area contributed by atoms with Gasteiger partial charge in [0.25, 0.3) is 5.91 Å². The lowest BCUT2D eigenvalue weighted by Crippen LogP contribution is -2.44. The van der Waals surface area contributed by atoms with Crippen LogP contribution >= 0.6 is 11.3 Å². The molecule has 2 aromatic heterocycles. The number of rotatable bonds is 1. The number of nitrogen functional groups attached to an aromatic ring is 1. The lowest BCUT2D eigenvalue weighted by molar-refractivity contribution is 0.0594. The first-order chi connectivity index (χ1) is 9.58. The highest BCUT2D eigenvalue weighted by Gasteiger charge is 2.30. The minimum atomic E-state index is 0.0601. The van der Waals surface area contributed by atoms with E-state index in [1.54, 1.807) is 6.20 Å². The SMILES string of the molecule is CC1CCN(C(=O)c2sc3cccnc3c2N)C(C)C1. The lowest BCUT2D eigenvalue weighted by atomic mass is 9.93. The highest BCUT2D eigenvalue weighted by atomic mass is 32.1. The molecule has 1 fully saturated rings. The van der Waals surface area contributed by atoms with E-state index < -0.39 is 0 Å². The largest absolute Gasteiger partial charge is 0.396 e. The molecule has 2 N–H and O–H groups in total. The Morgan fingerprint density at radius 3 is 3.00 bits per heavy atom. The summed E-state index contributed by atoms with van der Waals surface area (Å²) >= 11 is 1.45. The molecule has 3 rings (SSSR count). The van der Waals surface area contributed by atoms with Crippen LogP contribution in [-0.2, 0) is 0 Å². The van der Waals surface area contributed by atoms with E-state index in [0.717, 1.165) is 29.6 Å². The van der Waals surface area contributed by atoms with Crippen LogP contribution in [-0.4, -0.2) is 28.4 Å². The molecular weight excluding hydrogens is 270 g/mol. The Hall–Kier alpha value is -1.62. The summed E-state index contributed by atoms with van der Waals surface area (Å²) in [7, 11) is 0. The normalized spacial score (nSPS) is 23.2. The number of pyridine rings is 1. The maximum atomic E-state index is 12.7. The number of hydrogen-bond acceptors (Lipinski definition) is 4. The third kappa shape index (κ3) is 2.16. The number of likely N-dealkylation sites (tertiary alicyclic amines) is 1. The van der Waals surface area contributed by atoms with Gasteiger partial charge in [-0.1, -0.05) is 6.92 Å². The second-order valence-electron chi connectivity index (χ2n) is 5.67. The first-order valence-electron chi connectivity index (χ1n) is 7.02. The summed E-state index contributed by atoms with van der Waals surface area (Å²) in [5, 5.41) is 0. The minimum Gasteiger partial charge on any atom is -0.396 e. The first kappa shape index (κ1) is 13.4. The summed E-state index contributed by atoms with van der Waals surface area (Å²) < 4.78 is 0.978. The topological polar surface area (TPSA) is 59.2 Å². The number of piperidine rings is 1. The van der Waals surface area contributed by atoms with Gasteiger partial charge in [0.1, 0.15) is 10.4 Å². The average Bonchev–Trinajstić information content (AvgIpc) is 2.76. The van der Waals surface area contributed by atoms with Gasteiger partial charge < -0.3 is 10.6 Å². The number of nitrogens with zero attached hydrogens (tertiary/aromatic N) is 2. The van der Waals surface area contributed by atoms with Crippen molar-refractivity contribution in [3.05, 3.63) is 23.2 Å². The predicted octanol–water partition coefficient (Wildman–Crippen LogP) is 3.14. The second kappa shape index (κ2) is 5.05. The van der Waals surface area contributed by atoms with Crippen LogP contribution < -0.4 is 5.73 Å². The van der Waals surface area contributed by atoms with Crippen molar-refractivity contribution >= 4 is 33.1 Å². The highest BCUT2D eigenvalue weighted by molar-refractivity contribution is 7.21. The van der Waals surface area contributed by atoms with Crippen molar-refractivity contribution in [1.82, 2.24) is 9.88 Å². The zero-order valence-corrected chi connectivity index (χ0v) is 12.6. The molecule has 1 aliphatic heterocycles. The molecule has 3 heterocycles. The Bertz CT molecular complexity index is 652. The van der Waals surface area contributed by atoms with Crippen LogP contribution in [0.3, 0.4) is 0 Å². The number of carbonyl (C=O) groups excluding carboxylic acids is 1. The van der Waals surface area contributed by atoms with Gasteiger partial charge in [0, 0.05) is 18.8 Å². The average molecular weight is 289 g/mol. The molecule has 4 nitrogen and oxygen atoms in total.